The zero-order chi connectivity index (χ0) is 7.84. The summed E-state index contributed by atoms with van der Waals surface area (Å²) >= 11 is 0. The molecule has 1 heterocycles. The highest BCUT2D eigenvalue weighted by molar-refractivity contribution is 5.24. The molecular formula is C8H13N3. The van der Waals surface area contributed by atoms with Gasteiger partial charge in [-0.3, -0.25) is 4.68 Å². The van der Waals surface area contributed by atoms with Gasteiger partial charge in [0, 0.05) is 6.20 Å². The van der Waals surface area contributed by atoms with E-state index in [1.807, 2.05) is 16.9 Å². The van der Waals surface area contributed by atoms with Crippen LogP contribution in [0.25, 0.3) is 0 Å². The summed E-state index contributed by atoms with van der Waals surface area (Å²) in [6.45, 7) is 2.20. The molecule has 1 aliphatic rings. The summed E-state index contributed by atoms with van der Waals surface area (Å²) in [7, 11) is 0. The van der Waals surface area contributed by atoms with Crippen molar-refractivity contribution in [2.45, 2.75) is 25.8 Å². The molecule has 11 heavy (non-hydrogen) atoms. The van der Waals surface area contributed by atoms with Gasteiger partial charge >= 0.3 is 0 Å². The maximum absolute atomic E-state index is 5.51. The molecular weight excluding hydrogens is 138 g/mol. The van der Waals surface area contributed by atoms with Crippen molar-refractivity contribution in [3.63, 3.8) is 0 Å². The first-order chi connectivity index (χ1) is 5.27. The second-order valence-corrected chi connectivity index (χ2v) is 3.30. The Morgan fingerprint density at radius 2 is 2.45 bits per heavy atom. The lowest BCUT2D eigenvalue weighted by molar-refractivity contribution is 0.441. The third-order valence-corrected chi connectivity index (χ3v) is 2.35. The van der Waals surface area contributed by atoms with E-state index in [0.29, 0.717) is 11.9 Å². The quantitative estimate of drug-likeness (QED) is 0.695. The third kappa shape index (κ3) is 1.23. The van der Waals surface area contributed by atoms with E-state index in [0.717, 1.165) is 5.92 Å². The first-order valence-corrected chi connectivity index (χ1v) is 4.08. The van der Waals surface area contributed by atoms with Crippen LogP contribution in [-0.2, 0) is 0 Å². The first-order valence-electron chi connectivity index (χ1n) is 4.08. The van der Waals surface area contributed by atoms with Crippen LogP contribution in [0.2, 0.25) is 0 Å². The predicted molar refractivity (Wildman–Crippen MR) is 44.1 cm³/mol. The zero-order valence-electron chi connectivity index (χ0n) is 6.70. The Kier molecular flexibility index (Phi) is 1.37. The number of aromatic nitrogens is 2. The summed E-state index contributed by atoms with van der Waals surface area (Å²) in [6, 6.07) is 2.38. The summed E-state index contributed by atoms with van der Waals surface area (Å²) in [5.74, 6) is 1.46. The molecule has 0 saturated heterocycles. The van der Waals surface area contributed by atoms with E-state index in [1.54, 1.807) is 0 Å². The van der Waals surface area contributed by atoms with Gasteiger partial charge < -0.3 is 5.73 Å². The highest BCUT2D eigenvalue weighted by atomic mass is 15.3. The average molecular weight is 151 g/mol. The SMILES string of the molecule is CC(C1CC1)n1ccc(N)n1. The van der Waals surface area contributed by atoms with Crippen LogP contribution in [0.3, 0.4) is 0 Å². The summed E-state index contributed by atoms with van der Waals surface area (Å²) in [6.07, 6.45) is 4.65. The highest BCUT2D eigenvalue weighted by Crippen LogP contribution is 2.38. The minimum Gasteiger partial charge on any atom is -0.382 e. The molecule has 3 heteroatoms. The molecule has 60 valence electrons. The van der Waals surface area contributed by atoms with Gasteiger partial charge in [0.2, 0.25) is 0 Å². The van der Waals surface area contributed by atoms with Crippen LogP contribution in [-0.4, -0.2) is 9.78 Å². The average Bonchev–Trinajstić information content (AvgIpc) is 2.74. The molecule has 1 aromatic heterocycles. The number of nitrogens with two attached hydrogens (primary N) is 1. The fourth-order valence-corrected chi connectivity index (χ4v) is 1.37. The van der Waals surface area contributed by atoms with Crippen molar-refractivity contribution in [2.75, 3.05) is 5.73 Å². The number of nitrogen functional groups attached to an aromatic ring is 1. The maximum Gasteiger partial charge on any atom is 0.145 e. The Balaban J connectivity index is 2.14. The maximum atomic E-state index is 5.51. The summed E-state index contributed by atoms with van der Waals surface area (Å²) in [5, 5.41) is 4.17. The lowest BCUT2D eigenvalue weighted by Gasteiger charge is -2.09. The van der Waals surface area contributed by atoms with Crippen molar-refractivity contribution in [1.29, 1.82) is 0 Å². The standard InChI is InChI=1S/C8H13N3/c1-6(7-2-3-7)11-5-4-8(9)10-11/h4-7H,2-3H2,1H3,(H2,9,10). The number of anilines is 1. The first kappa shape index (κ1) is 6.70. The molecule has 0 amide bonds. The lowest BCUT2D eigenvalue weighted by Crippen LogP contribution is -2.07. The molecule has 0 bridgehead atoms. The van der Waals surface area contributed by atoms with Crippen LogP contribution in [0.15, 0.2) is 12.3 Å². The van der Waals surface area contributed by atoms with Crippen molar-refractivity contribution in [3.8, 4) is 0 Å². The largest absolute Gasteiger partial charge is 0.382 e. The van der Waals surface area contributed by atoms with Gasteiger partial charge in [-0.05, 0) is 31.7 Å². The Morgan fingerprint density at radius 3 is 2.91 bits per heavy atom. The summed E-state index contributed by atoms with van der Waals surface area (Å²) < 4.78 is 1.97. The second-order valence-electron chi connectivity index (χ2n) is 3.30. The lowest BCUT2D eigenvalue weighted by atomic mass is 10.2. The molecule has 0 spiro atoms. The van der Waals surface area contributed by atoms with E-state index in [2.05, 4.69) is 12.0 Å². The van der Waals surface area contributed by atoms with E-state index in [4.69, 9.17) is 5.73 Å². The van der Waals surface area contributed by atoms with Crippen LogP contribution in [0, 0.1) is 5.92 Å². The smallest absolute Gasteiger partial charge is 0.145 e. The molecule has 0 aliphatic heterocycles. The Labute approximate surface area is 66.2 Å². The third-order valence-electron chi connectivity index (χ3n) is 2.35. The number of rotatable bonds is 2. The number of hydrogen-bond acceptors (Lipinski definition) is 2. The zero-order valence-corrected chi connectivity index (χ0v) is 6.70. The van der Waals surface area contributed by atoms with Gasteiger partial charge in [-0.15, -0.1) is 0 Å². The molecule has 1 saturated carbocycles. The molecule has 1 atom stereocenters. The fourth-order valence-electron chi connectivity index (χ4n) is 1.37. The van der Waals surface area contributed by atoms with Gasteiger partial charge in [-0.2, -0.15) is 5.10 Å². The normalized spacial score (nSPS) is 20.1. The molecule has 2 N–H and O–H groups in total. The van der Waals surface area contributed by atoms with Gasteiger partial charge in [0.05, 0.1) is 6.04 Å². The van der Waals surface area contributed by atoms with Crippen LogP contribution >= 0.6 is 0 Å². The van der Waals surface area contributed by atoms with Gasteiger partial charge in [0.15, 0.2) is 0 Å². The van der Waals surface area contributed by atoms with Crippen molar-refractivity contribution in [2.24, 2.45) is 5.92 Å². The minimum atomic E-state index is 0.535. The fraction of sp³-hybridized carbons (Fsp3) is 0.625. The molecule has 1 aromatic rings. The monoisotopic (exact) mass is 151 g/mol. The van der Waals surface area contributed by atoms with Crippen LogP contribution in [0.4, 0.5) is 5.82 Å². The molecule has 2 rings (SSSR count). The highest BCUT2D eigenvalue weighted by Gasteiger charge is 2.29. The Morgan fingerprint density at radius 1 is 1.73 bits per heavy atom. The minimum absolute atomic E-state index is 0.535. The van der Waals surface area contributed by atoms with Crippen molar-refractivity contribution in [3.05, 3.63) is 12.3 Å². The Hall–Kier alpha value is -0.990. The molecule has 0 radical (unpaired) electrons. The van der Waals surface area contributed by atoms with E-state index in [-0.39, 0.29) is 0 Å². The van der Waals surface area contributed by atoms with Gasteiger partial charge in [0.1, 0.15) is 5.82 Å². The molecule has 1 aliphatic carbocycles. The Bertz CT molecular complexity index is 250. The van der Waals surface area contributed by atoms with Gasteiger partial charge in [-0.1, -0.05) is 0 Å². The molecule has 0 aromatic carbocycles. The number of hydrogen-bond donors (Lipinski definition) is 1. The van der Waals surface area contributed by atoms with Crippen LogP contribution in [0.5, 0.6) is 0 Å². The van der Waals surface area contributed by atoms with Crippen molar-refractivity contribution >= 4 is 5.82 Å². The predicted octanol–water partition coefficient (Wildman–Crippen LogP) is 1.44. The van der Waals surface area contributed by atoms with Gasteiger partial charge in [0.25, 0.3) is 0 Å². The molecule has 3 nitrogen and oxygen atoms in total. The van der Waals surface area contributed by atoms with E-state index >= 15 is 0 Å². The van der Waals surface area contributed by atoms with E-state index in [1.165, 1.54) is 12.8 Å². The second kappa shape index (κ2) is 2.26. The van der Waals surface area contributed by atoms with Crippen molar-refractivity contribution in [1.82, 2.24) is 9.78 Å². The van der Waals surface area contributed by atoms with Gasteiger partial charge in [-0.25, -0.2) is 0 Å². The number of nitrogens with zero attached hydrogens (tertiary/aromatic N) is 2. The summed E-state index contributed by atoms with van der Waals surface area (Å²) in [5.41, 5.74) is 5.51. The molecule has 1 unspecified atom stereocenters. The van der Waals surface area contributed by atoms with Crippen LogP contribution in [0.1, 0.15) is 25.8 Å². The van der Waals surface area contributed by atoms with Crippen LogP contribution < -0.4 is 5.73 Å². The topological polar surface area (TPSA) is 43.8 Å². The van der Waals surface area contributed by atoms with Crippen molar-refractivity contribution < 1.29 is 0 Å². The summed E-state index contributed by atoms with van der Waals surface area (Å²) in [4.78, 5) is 0. The molecule has 1 fully saturated rings. The van der Waals surface area contributed by atoms with E-state index < -0.39 is 0 Å². The van der Waals surface area contributed by atoms with E-state index in [9.17, 15) is 0 Å².